The van der Waals surface area contributed by atoms with Crippen LogP contribution in [0.5, 0.6) is 0 Å². The zero-order chi connectivity index (χ0) is 13.0. The Hall–Kier alpha value is -1.85. The minimum atomic E-state index is 0.0310. The highest BCUT2D eigenvalue weighted by molar-refractivity contribution is 5.81. The number of carbonyl (C=O) groups excluding carboxylic acids is 1. The highest BCUT2D eigenvalue weighted by Crippen LogP contribution is 2.19. The van der Waals surface area contributed by atoms with E-state index < -0.39 is 0 Å². The number of hydrogen-bond donors (Lipinski definition) is 1. The van der Waals surface area contributed by atoms with Crippen molar-refractivity contribution < 1.29 is 4.79 Å². The van der Waals surface area contributed by atoms with Gasteiger partial charge in [0.2, 0.25) is 5.91 Å². The number of rotatable bonds is 4. The van der Waals surface area contributed by atoms with E-state index in [2.05, 4.69) is 9.97 Å². The Morgan fingerprint density at radius 1 is 1.41 bits per heavy atom. The summed E-state index contributed by atoms with van der Waals surface area (Å²) in [6.07, 6.45) is 1.42. The summed E-state index contributed by atoms with van der Waals surface area (Å²) in [5.74, 6) is 1.20. The lowest BCUT2D eigenvalue weighted by Crippen LogP contribution is -2.37. The van der Waals surface area contributed by atoms with Crippen molar-refractivity contribution in [2.45, 2.75) is 13.8 Å². The van der Waals surface area contributed by atoms with Gasteiger partial charge in [0.25, 0.3) is 0 Å². The molecule has 1 rings (SSSR count). The number of amides is 1. The molecule has 0 fully saturated rings. The van der Waals surface area contributed by atoms with Gasteiger partial charge in [0.05, 0.1) is 6.54 Å². The van der Waals surface area contributed by atoms with Crippen LogP contribution in [0, 0.1) is 6.92 Å². The van der Waals surface area contributed by atoms with E-state index in [0.717, 1.165) is 11.4 Å². The van der Waals surface area contributed by atoms with Crippen molar-refractivity contribution in [3.63, 3.8) is 0 Å². The second-order valence-electron chi connectivity index (χ2n) is 4.01. The molecular weight excluding hydrogens is 218 g/mol. The molecule has 0 bridgehead atoms. The second kappa shape index (κ2) is 5.47. The first-order valence-electron chi connectivity index (χ1n) is 5.49. The molecular formula is C11H19N5O. The fourth-order valence-corrected chi connectivity index (χ4v) is 1.41. The van der Waals surface area contributed by atoms with E-state index in [4.69, 9.17) is 5.73 Å². The predicted octanol–water partition coefficient (Wildman–Crippen LogP) is 0.282. The summed E-state index contributed by atoms with van der Waals surface area (Å²) >= 11 is 0. The van der Waals surface area contributed by atoms with Gasteiger partial charge in [-0.1, -0.05) is 0 Å². The first-order chi connectivity index (χ1) is 7.97. The van der Waals surface area contributed by atoms with Gasteiger partial charge >= 0.3 is 0 Å². The van der Waals surface area contributed by atoms with Crippen molar-refractivity contribution in [3.8, 4) is 0 Å². The molecule has 1 aromatic rings. The molecule has 94 valence electrons. The molecule has 0 unspecified atom stereocenters. The molecule has 0 saturated heterocycles. The first-order valence-corrected chi connectivity index (χ1v) is 5.49. The van der Waals surface area contributed by atoms with Gasteiger partial charge in [-0.05, 0) is 13.8 Å². The summed E-state index contributed by atoms with van der Waals surface area (Å²) in [4.78, 5) is 23.2. The average Bonchev–Trinajstić information content (AvgIpc) is 2.29. The van der Waals surface area contributed by atoms with E-state index in [0.29, 0.717) is 18.9 Å². The van der Waals surface area contributed by atoms with Gasteiger partial charge in [-0.3, -0.25) is 4.79 Å². The number of hydrogen-bond acceptors (Lipinski definition) is 5. The molecule has 0 aromatic carbocycles. The maximum atomic E-state index is 11.7. The summed E-state index contributed by atoms with van der Waals surface area (Å²) in [7, 11) is 3.47. The summed E-state index contributed by atoms with van der Waals surface area (Å²) in [6, 6.07) is 0. The number of nitrogens with two attached hydrogens (primary N) is 1. The van der Waals surface area contributed by atoms with Crippen molar-refractivity contribution >= 4 is 17.5 Å². The highest BCUT2D eigenvalue weighted by Gasteiger charge is 2.15. The van der Waals surface area contributed by atoms with Crippen LogP contribution in [0.1, 0.15) is 12.5 Å². The standard InChI is InChI=1S/C11H19N5O/c1-5-16(6-9(17)15(3)4)11-8(2)10(12)13-7-14-11/h7H,5-6H2,1-4H3,(H2,12,13,14). The maximum Gasteiger partial charge on any atom is 0.241 e. The predicted molar refractivity (Wildman–Crippen MR) is 67.8 cm³/mol. The Kier molecular flexibility index (Phi) is 4.25. The van der Waals surface area contributed by atoms with Crippen molar-refractivity contribution in [1.29, 1.82) is 0 Å². The number of nitrogens with zero attached hydrogens (tertiary/aromatic N) is 4. The van der Waals surface area contributed by atoms with Crippen LogP contribution in [0.2, 0.25) is 0 Å². The van der Waals surface area contributed by atoms with Crippen LogP contribution in [-0.4, -0.2) is 48.0 Å². The third kappa shape index (κ3) is 3.05. The third-order valence-corrected chi connectivity index (χ3v) is 2.60. The smallest absolute Gasteiger partial charge is 0.241 e. The molecule has 0 aliphatic rings. The number of nitrogen functional groups attached to an aromatic ring is 1. The normalized spacial score (nSPS) is 10.1. The van der Waals surface area contributed by atoms with Gasteiger partial charge in [-0.2, -0.15) is 0 Å². The molecule has 0 radical (unpaired) electrons. The number of likely N-dealkylation sites (N-methyl/N-ethyl adjacent to an activating group) is 2. The number of anilines is 2. The monoisotopic (exact) mass is 237 g/mol. The van der Waals surface area contributed by atoms with Crippen LogP contribution in [-0.2, 0) is 4.79 Å². The number of carbonyl (C=O) groups is 1. The van der Waals surface area contributed by atoms with Crippen molar-refractivity contribution in [2.75, 3.05) is 37.8 Å². The van der Waals surface area contributed by atoms with E-state index >= 15 is 0 Å². The quantitative estimate of drug-likeness (QED) is 0.814. The summed E-state index contributed by atoms with van der Waals surface area (Å²) in [5.41, 5.74) is 6.54. The van der Waals surface area contributed by atoms with E-state index in [-0.39, 0.29) is 5.91 Å². The van der Waals surface area contributed by atoms with Crippen LogP contribution in [0.4, 0.5) is 11.6 Å². The Balaban J connectivity index is 2.94. The largest absolute Gasteiger partial charge is 0.383 e. The van der Waals surface area contributed by atoms with Gasteiger partial charge in [0.1, 0.15) is 18.0 Å². The van der Waals surface area contributed by atoms with Gasteiger partial charge in [-0.15, -0.1) is 0 Å². The molecule has 2 N–H and O–H groups in total. The van der Waals surface area contributed by atoms with E-state index in [9.17, 15) is 4.79 Å². The van der Waals surface area contributed by atoms with Crippen LogP contribution >= 0.6 is 0 Å². The van der Waals surface area contributed by atoms with Crippen LogP contribution in [0.15, 0.2) is 6.33 Å². The number of aromatic nitrogens is 2. The zero-order valence-corrected chi connectivity index (χ0v) is 10.8. The summed E-state index contributed by atoms with van der Waals surface area (Å²) < 4.78 is 0. The Morgan fingerprint density at radius 2 is 2.06 bits per heavy atom. The van der Waals surface area contributed by atoms with E-state index in [1.165, 1.54) is 6.33 Å². The lowest BCUT2D eigenvalue weighted by atomic mass is 10.3. The van der Waals surface area contributed by atoms with Crippen molar-refractivity contribution in [3.05, 3.63) is 11.9 Å². The van der Waals surface area contributed by atoms with Crippen molar-refractivity contribution in [2.24, 2.45) is 0 Å². The Labute approximate surface area is 101 Å². The van der Waals surface area contributed by atoms with Gasteiger partial charge in [0.15, 0.2) is 0 Å². The average molecular weight is 237 g/mol. The molecule has 0 spiro atoms. The van der Waals surface area contributed by atoms with Crippen molar-refractivity contribution in [1.82, 2.24) is 14.9 Å². The molecule has 0 atom stereocenters. The van der Waals surface area contributed by atoms with Crippen LogP contribution in [0.25, 0.3) is 0 Å². The molecule has 1 aromatic heterocycles. The fraction of sp³-hybridized carbons (Fsp3) is 0.545. The summed E-state index contributed by atoms with van der Waals surface area (Å²) in [5, 5.41) is 0. The maximum absolute atomic E-state index is 11.7. The molecule has 1 amide bonds. The summed E-state index contributed by atoms with van der Waals surface area (Å²) in [6.45, 7) is 4.81. The molecule has 1 heterocycles. The van der Waals surface area contributed by atoms with Crippen LogP contribution < -0.4 is 10.6 Å². The molecule has 0 aliphatic carbocycles. The minimum absolute atomic E-state index is 0.0310. The first kappa shape index (κ1) is 13.2. The van der Waals surface area contributed by atoms with Crippen LogP contribution in [0.3, 0.4) is 0 Å². The van der Waals surface area contributed by atoms with Gasteiger partial charge in [0, 0.05) is 26.2 Å². The molecule has 17 heavy (non-hydrogen) atoms. The topological polar surface area (TPSA) is 75.4 Å². The van der Waals surface area contributed by atoms with E-state index in [1.54, 1.807) is 19.0 Å². The Bertz CT molecular complexity index is 405. The molecule has 6 nitrogen and oxygen atoms in total. The molecule has 6 heteroatoms. The fourth-order valence-electron chi connectivity index (χ4n) is 1.41. The molecule has 0 saturated carbocycles. The lowest BCUT2D eigenvalue weighted by molar-refractivity contribution is -0.127. The molecule has 0 aliphatic heterocycles. The minimum Gasteiger partial charge on any atom is -0.383 e. The van der Waals surface area contributed by atoms with Gasteiger partial charge < -0.3 is 15.5 Å². The second-order valence-corrected chi connectivity index (χ2v) is 4.01. The third-order valence-electron chi connectivity index (χ3n) is 2.60. The zero-order valence-electron chi connectivity index (χ0n) is 10.8. The lowest BCUT2D eigenvalue weighted by Gasteiger charge is -2.24. The van der Waals surface area contributed by atoms with E-state index in [1.807, 2.05) is 18.7 Å². The SMILES string of the molecule is CCN(CC(=O)N(C)C)c1ncnc(N)c1C. The van der Waals surface area contributed by atoms with Gasteiger partial charge in [-0.25, -0.2) is 9.97 Å². The highest BCUT2D eigenvalue weighted by atomic mass is 16.2. The Morgan fingerprint density at radius 3 is 2.59 bits per heavy atom.